The Hall–Kier alpha value is -2.17. The number of aromatic hydroxyl groups is 1. The van der Waals surface area contributed by atoms with Gasteiger partial charge in [-0.3, -0.25) is 4.79 Å². The molecular formula is C10H8N2O3. The Morgan fingerprint density at radius 3 is 2.87 bits per heavy atom. The Morgan fingerprint density at radius 1 is 1.47 bits per heavy atom. The van der Waals surface area contributed by atoms with Crippen molar-refractivity contribution in [2.45, 2.75) is 6.92 Å². The van der Waals surface area contributed by atoms with E-state index in [0.29, 0.717) is 5.56 Å². The molecule has 2 rings (SSSR count). The zero-order valence-electron chi connectivity index (χ0n) is 7.97. The van der Waals surface area contributed by atoms with Crippen molar-refractivity contribution in [2.75, 3.05) is 0 Å². The van der Waals surface area contributed by atoms with Crippen LogP contribution in [-0.4, -0.2) is 21.0 Å². The first-order chi connectivity index (χ1) is 7.16. The van der Waals surface area contributed by atoms with E-state index >= 15 is 0 Å². The molecule has 1 aromatic heterocycles. The fourth-order valence-corrected chi connectivity index (χ4v) is 1.13. The average molecular weight is 204 g/mol. The molecule has 0 radical (unpaired) electrons. The van der Waals surface area contributed by atoms with Gasteiger partial charge in [0.25, 0.3) is 5.89 Å². The number of aromatic nitrogens is 2. The first kappa shape index (κ1) is 9.39. The molecule has 1 aromatic carbocycles. The number of carbonyl (C=O) groups is 1. The summed E-state index contributed by atoms with van der Waals surface area (Å²) in [6.07, 6.45) is 0. The number of phenolic OH excluding ortho intramolecular Hbond substituents is 1. The van der Waals surface area contributed by atoms with E-state index in [-0.39, 0.29) is 23.2 Å². The molecule has 5 heteroatoms. The lowest BCUT2D eigenvalue weighted by Crippen LogP contribution is -1.91. The van der Waals surface area contributed by atoms with Gasteiger partial charge >= 0.3 is 0 Å². The van der Waals surface area contributed by atoms with Crippen LogP contribution in [0.1, 0.15) is 17.6 Å². The summed E-state index contributed by atoms with van der Waals surface area (Å²) in [6, 6.07) is 6.41. The first-order valence-electron chi connectivity index (χ1n) is 4.31. The normalized spacial score (nSPS) is 10.2. The number of rotatable bonds is 2. The highest BCUT2D eigenvalue weighted by molar-refractivity contribution is 5.89. The summed E-state index contributed by atoms with van der Waals surface area (Å²) in [5, 5.41) is 12.9. The molecule has 0 aliphatic heterocycles. The van der Waals surface area contributed by atoms with Crippen molar-refractivity contribution in [3.05, 3.63) is 30.2 Å². The summed E-state index contributed by atoms with van der Waals surface area (Å²) in [7, 11) is 0. The molecule has 0 saturated carbocycles. The molecule has 0 bridgehead atoms. The molecule has 1 heterocycles. The fourth-order valence-electron chi connectivity index (χ4n) is 1.13. The molecule has 5 nitrogen and oxygen atoms in total. The smallest absolute Gasteiger partial charge is 0.294 e. The lowest BCUT2D eigenvalue weighted by molar-refractivity contribution is 0.0972. The maximum atomic E-state index is 10.9. The van der Waals surface area contributed by atoms with Crippen molar-refractivity contribution in [1.29, 1.82) is 0 Å². The summed E-state index contributed by atoms with van der Waals surface area (Å²) in [5.41, 5.74) is 0.603. The second kappa shape index (κ2) is 3.53. The van der Waals surface area contributed by atoms with E-state index in [1.807, 2.05) is 0 Å². The van der Waals surface area contributed by atoms with E-state index in [2.05, 4.69) is 10.1 Å². The summed E-state index contributed by atoms with van der Waals surface area (Å²) in [5.74, 6) is 0.0834. The van der Waals surface area contributed by atoms with Crippen LogP contribution in [0.5, 0.6) is 5.75 Å². The third kappa shape index (κ3) is 1.85. The molecule has 0 unspecified atom stereocenters. The van der Waals surface area contributed by atoms with Crippen LogP contribution >= 0.6 is 0 Å². The van der Waals surface area contributed by atoms with Crippen molar-refractivity contribution in [2.24, 2.45) is 0 Å². The van der Waals surface area contributed by atoms with E-state index in [1.165, 1.54) is 19.1 Å². The molecule has 0 fully saturated rings. The van der Waals surface area contributed by atoms with Gasteiger partial charge in [0.05, 0.1) is 0 Å². The standard InChI is InChI=1S/C10H8N2O3/c1-6(13)10-11-9(12-15-10)7-3-2-4-8(14)5-7/h2-5,14H,1H3. The molecule has 0 aliphatic carbocycles. The predicted octanol–water partition coefficient (Wildman–Crippen LogP) is 1.64. The molecule has 0 spiro atoms. The number of benzene rings is 1. The van der Waals surface area contributed by atoms with Crippen LogP contribution < -0.4 is 0 Å². The maximum absolute atomic E-state index is 10.9. The highest BCUT2D eigenvalue weighted by Gasteiger charge is 2.11. The Bertz CT molecular complexity index is 505. The minimum atomic E-state index is -0.283. The lowest BCUT2D eigenvalue weighted by atomic mass is 10.2. The van der Waals surface area contributed by atoms with Gasteiger partial charge in [0.1, 0.15) is 5.75 Å². The fraction of sp³-hybridized carbons (Fsp3) is 0.100. The van der Waals surface area contributed by atoms with Gasteiger partial charge in [0, 0.05) is 12.5 Å². The number of hydrogen-bond acceptors (Lipinski definition) is 5. The number of hydrogen-bond donors (Lipinski definition) is 1. The Labute approximate surface area is 85.4 Å². The van der Waals surface area contributed by atoms with Gasteiger partial charge in [-0.15, -0.1) is 0 Å². The van der Waals surface area contributed by atoms with Gasteiger partial charge in [0.2, 0.25) is 11.6 Å². The predicted molar refractivity (Wildman–Crippen MR) is 51.4 cm³/mol. The third-order valence-corrected chi connectivity index (χ3v) is 1.83. The quantitative estimate of drug-likeness (QED) is 0.752. The second-order valence-corrected chi connectivity index (χ2v) is 3.03. The largest absolute Gasteiger partial charge is 0.508 e. The monoisotopic (exact) mass is 204 g/mol. The zero-order valence-corrected chi connectivity index (χ0v) is 7.97. The summed E-state index contributed by atoms with van der Waals surface area (Å²) < 4.78 is 4.73. The van der Waals surface area contributed by atoms with E-state index in [0.717, 1.165) is 0 Å². The van der Waals surface area contributed by atoms with Crippen molar-refractivity contribution >= 4 is 5.78 Å². The van der Waals surface area contributed by atoms with Gasteiger partial charge in [0.15, 0.2) is 0 Å². The van der Waals surface area contributed by atoms with Gasteiger partial charge in [-0.1, -0.05) is 17.3 Å². The van der Waals surface area contributed by atoms with E-state index in [9.17, 15) is 9.90 Å². The van der Waals surface area contributed by atoms with Crippen molar-refractivity contribution in [1.82, 2.24) is 10.1 Å². The van der Waals surface area contributed by atoms with Crippen LogP contribution in [-0.2, 0) is 0 Å². The van der Waals surface area contributed by atoms with Gasteiger partial charge < -0.3 is 9.63 Å². The number of carbonyl (C=O) groups excluding carboxylic acids is 1. The molecule has 2 aromatic rings. The number of nitrogens with zero attached hydrogens (tertiary/aromatic N) is 2. The minimum absolute atomic E-state index is 0.0339. The SMILES string of the molecule is CC(=O)c1nc(-c2cccc(O)c2)no1. The average Bonchev–Trinajstić information content (AvgIpc) is 2.66. The molecule has 0 atom stereocenters. The van der Waals surface area contributed by atoms with Crippen molar-refractivity contribution in [3.8, 4) is 17.1 Å². The summed E-state index contributed by atoms with van der Waals surface area (Å²) in [6.45, 7) is 1.35. The van der Waals surface area contributed by atoms with Crippen LogP contribution in [0.15, 0.2) is 28.8 Å². The molecule has 0 aliphatic rings. The maximum Gasteiger partial charge on any atom is 0.294 e. The topological polar surface area (TPSA) is 76.2 Å². The first-order valence-corrected chi connectivity index (χ1v) is 4.31. The highest BCUT2D eigenvalue weighted by atomic mass is 16.5. The number of Topliss-reactive ketones (excluding diaryl/α,β-unsaturated/α-hetero) is 1. The van der Waals surface area contributed by atoms with Crippen molar-refractivity contribution < 1.29 is 14.4 Å². The summed E-state index contributed by atoms with van der Waals surface area (Å²) in [4.78, 5) is 14.8. The van der Waals surface area contributed by atoms with E-state index in [4.69, 9.17) is 4.52 Å². The van der Waals surface area contributed by atoms with E-state index in [1.54, 1.807) is 12.1 Å². The lowest BCUT2D eigenvalue weighted by Gasteiger charge is -1.93. The van der Waals surface area contributed by atoms with Crippen LogP contribution in [0.2, 0.25) is 0 Å². The Kier molecular flexibility index (Phi) is 2.21. The van der Waals surface area contributed by atoms with Crippen LogP contribution in [0.3, 0.4) is 0 Å². The van der Waals surface area contributed by atoms with Gasteiger partial charge in [-0.05, 0) is 12.1 Å². The summed E-state index contributed by atoms with van der Waals surface area (Å²) >= 11 is 0. The molecule has 76 valence electrons. The van der Waals surface area contributed by atoms with E-state index < -0.39 is 0 Å². The van der Waals surface area contributed by atoms with Crippen LogP contribution in [0, 0.1) is 0 Å². The molecule has 15 heavy (non-hydrogen) atoms. The van der Waals surface area contributed by atoms with Gasteiger partial charge in [-0.2, -0.15) is 4.98 Å². The zero-order chi connectivity index (χ0) is 10.8. The number of ketones is 1. The molecule has 0 saturated heterocycles. The van der Waals surface area contributed by atoms with Crippen LogP contribution in [0.4, 0.5) is 0 Å². The Morgan fingerprint density at radius 2 is 2.27 bits per heavy atom. The minimum Gasteiger partial charge on any atom is -0.508 e. The molecule has 0 amide bonds. The van der Waals surface area contributed by atoms with Crippen LogP contribution in [0.25, 0.3) is 11.4 Å². The third-order valence-electron chi connectivity index (χ3n) is 1.83. The van der Waals surface area contributed by atoms with Crippen molar-refractivity contribution in [3.63, 3.8) is 0 Å². The van der Waals surface area contributed by atoms with Gasteiger partial charge in [-0.25, -0.2) is 0 Å². The highest BCUT2D eigenvalue weighted by Crippen LogP contribution is 2.20. The second-order valence-electron chi connectivity index (χ2n) is 3.03. The molecule has 1 N–H and O–H groups in total. The Balaban J connectivity index is 2.41. The molecular weight excluding hydrogens is 196 g/mol. The number of phenols is 1.